The summed E-state index contributed by atoms with van der Waals surface area (Å²) in [5.74, 6) is -4.86. The highest BCUT2D eigenvalue weighted by Crippen LogP contribution is 2.31. The van der Waals surface area contributed by atoms with Gasteiger partial charge in [0.05, 0.1) is 17.9 Å². The van der Waals surface area contributed by atoms with Crippen LogP contribution in [0.15, 0.2) is 48.7 Å². The van der Waals surface area contributed by atoms with Crippen molar-refractivity contribution in [3.8, 4) is 22.8 Å². The Labute approximate surface area is 210 Å². The van der Waals surface area contributed by atoms with Gasteiger partial charge in [-0.2, -0.15) is 5.10 Å². The van der Waals surface area contributed by atoms with Crippen LogP contribution in [0.4, 0.5) is 27.8 Å². The van der Waals surface area contributed by atoms with Crippen LogP contribution in [0.2, 0.25) is 0 Å². The molecular formula is C24H18F5N5O4. The monoisotopic (exact) mass is 535 g/mol. The molecule has 2 heterocycles. The first-order chi connectivity index (χ1) is 17.8. The van der Waals surface area contributed by atoms with E-state index >= 15 is 4.39 Å². The number of hydrogen-bond acceptors (Lipinski definition) is 6. The van der Waals surface area contributed by atoms with Gasteiger partial charge < -0.3 is 20.5 Å². The van der Waals surface area contributed by atoms with E-state index in [0.717, 1.165) is 24.3 Å². The molecule has 0 spiro atoms. The summed E-state index contributed by atoms with van der Waals surface area (Å²) in [4.78, 5) is 28.3. The summed E-state index contributed by atoms with van der Waals surface area (Å²) in [6, 6.07) is 6.13. The molecular weight excluding hydrogens is 517 g/mol. The predicted octanol–water partition coefficient (Wildman–Crippen LogP) is 4.73. The number of nitrogens with zero attached hydrogens (tertiary/aromatic N) is 3. The molecule has 0 saturated heterocycles. The van der Waals surface area contributed by atoms with Crippen LogP contribution in [0, 0.1) is 11.6 Å². The predicted molar refractivity (Wildman–Crippen MR) is 123 cm³/mol. The summed E-state index contributed by atoms with van der Waals surface area (Å²) in [5.41, 5.74) is -0.944. The Morgan fingerprint density at radius 1 is 1.11 bits per heavy atom. The van der Waals surface area contributed by atoms with Crippen LogP contribution in [-0.4, -0.2) is 37.9 Å². The van der Waals surface area contributed by atoms with Crippen LogP contribution < -0.4 is 15.4 Å². The summed E-state index contributed by atoms with van der Waals surface area (Å²) in [6.07, 6.45) is -3.63. The van der Waals surface area contributed by atoms with Gasteiger partial charge in [-0.25, -0.2) is 18.3 Å². The Kier molecular flexibility index (Phi) is 6.89. The van der Waals surface area contributed by atoms with Crippen molar-refractivity contribution < 1.29 is 41.4 Å². The Bertz CT molecular complexity index is 1550. The van der Waals surface area contributed by atoms with Crippen LogP contribution in [0.1, 0.15) is 35.8 Å². The highest BCUT2D eigenvalue weighted by Gasteiger charge is 2.32. The number of anilines is 1. The van der Waals surface area contributed by atoms with Crippen molar-refractivity contribution in [1.82, 2.24) is 19.9 Å². The summed E-state index contributed by atoms with van der Waals surface area (Å²) in [5, 5.41) is 19.2. The molecule has 1 unspecified atom stereocenters. The molecule has 2 amide bonds. The number of alkyl halides is 3. The van der Waals surface area contributed by atoms with Gasteiger partial charge in [0.25, 0.3) is 5.91 Å². The Balaban J connectivity index is 1.63. The molecule has 14 heteroatoms. The Hall–Kier alpha value is -4.75. The molecule has 4 rings (SSSR count). The van der Waals surface area contributed by atoms with Gasteiger partial charge in [-0.05, 0) is 49.4 Å². The lowest BCUT2D eigenvalue weighted by atomic mass is 10.0. The summed E-state index contributed by atoms with van der Waals surface area (Å²) in [6.45, 7) is 2.55. The van der Waals surface area contributed by atoms with Gasteiger partial charge in [-0.1, -0.05) is 0 Å². The molecule has 4 aromatic rings. The second-order valence-corrected chi connectivity index (χ2v) is 8.08. The largest absolute Gasteiger partial charge is 0.573 e. The quantitative estimate of drug-likeness (QED) is 0.308. The van der Waals surface area contributed by atoms with E-state index in [0.29, 0.717) is 5.65 Å². The van der Waals surface area contributed by atoms with Gasteiger partial charge in [0.15, 0.2) is 11.5 Å². The Morgan fingerprint density at radius 2 is 1.84 bits per heavy atom. The number of fused-ring (bicyclic) bond motifs is 1. The number of aromatic hydroxyl groups is 1. The first-order valence-corrected chi connectivity index (χ1v) is 10.8. The number of hydrogen-bond donors (Lipinski definition) is 3. The Morgan fingerprint density at radius 3 is 2.53 bits per heavy atom. The van der Waals surface area contributed by atoms with E-state index in [-0.39, 0.29) is 28.5 Å². The zero-order chi connectivity index (χ0) is 27.8. The van der Waals surface area contributed by atoms with E-state index in [2.05, 4.69) is 25.5 Å². The minimum Gasteiger partial charge on any atom is -0.507 e. The number of rotatable bonds is 6. The highest BCUT2D eigenvalue weighted by molar-refractivity contribution is 5.98. The van der Waals surface area contributed by atoms with Gasteiger partial charge in [0.2, 0.25) is 5.91 Å². The minimum atomic E-state index is -5.02. The number of ether oxygens (including phenoxy) is 1. The number of carbonyl (C=O) groups is 2. The molecule has 0 saturated carbocycles. The van der Waals surface area contributed by atoms with E-state index in [4.69, 9.17) is 0 Å². The van der Waals surface area contributed by atoms with Crippen LogP contribution in [-0.2, 0) is 4.79 Å². The lowest BCUT2D eigenvalue weighted by molar-refractivity contribution is -0.274. The third kappa shape index (κ3) is 5.63. The molecule has 198 valence electrons. The molecule has 0 aliphatic carbocycles. The number of phenols is 1. The summed E-state index contributed by atoms with van der Waals surface area (Å²) >= 11 is 0. The number of benzene rings is 2. The van der Waals surface area contributed by atoms with Gasteiger partial charge in [0, 0.05) is 18.1 Å². The minimum absolute atomic E-state index is 0.0481. The van der Waals surface area contributed by atoms with Crippen molar-refractivity contribution >= 4 is 23.3 Å². The third-order valence-corrected chi connectivity index (χ3v) is 5.26. The molecule has 0 aliphatic rings. The van der Waals surface area contributed by atoms with Gasteiger partial charge in [0.1, 0.15) is 28.7 Å². The number of imidazole rings is 1. The van der Waals surface area contributed by atoms with E-state index in [1.807, 2.05) is 0 Å². The van der Waals surface area contributed by atoms with Crippen molar-refractivity contribution in [3.63, 3.8) is 0 Å². The number of amides is 2. The molecule has 0 bridgehead atoms. The van der Waals surface area contributed by atoms with Crippen molar-refractivity contribution in [2.75, 3.05) is 5.32 Å². The van der Waals surface area contributed by atoms with Crippen LogP contribution in [0.3, 0.4) is 0 Å². The molecule has 0 fully saturated rings. The van der Waals surface area contributed by atoms with Crippen LogP contribution in [0.25, 0.3) is 16.9 Å². The lowest BCUT2D eigenvalue weighted by Crippen LogP contribution is -2.28. The van der Waals surface area contributed by atoms with Crippen molar-refractivity contribution in [2.45, 2.75) is 26.3 Å². The van der Waals surface area contributed by atoms with Gasteiger partial charge in [-0.15, -0.1) is 13.2 Å². The van der Waals surface area contributed by atoms with E-state index in [9.17, 15) is 32.3 Å². The maximum Gasteiger partial charge on any atom is 0.573 e. The van der Waals surface area contributed by atoms with Crippen LogP contribution >= 0.6 is 0 Å². The molecule has 3 N–H and O–H groups in total. The standard InChI is InChI=1S/C24H18F5N5O4/c1-11(15-9-13(3-5-16(15)25)38-24(27,28)29)30-23(37)21-18(36)7-4-14(22(21)26)17-6-8-20-32-19(31-12(2)35)10-34(20)33-17/h3-11,36H,1-2H3,(H,30,37)(H,31,35). The third-order valence-electron chi connectivity index (χ3n) is 5.26. The second kappa shape index (κ2) is 9.95. The molecule has 2 aromatic heterocycles. The fourth-order valence-electron chi connectivity index (χ4n) is 3.64. The number of phenolic OH excluding ortho intramolecular Hbond substituents is 1. The molecule has 0 radical (unpaired) electrons. The molecule has 1 atom stereocenters. The number of halogens is 5. The number of carbonyl (C=O) groups excluding carboxylic acids is 2. The zero-order valence-corrected chi connectivity index (χ0v) is 19.6. The first kappa shape index (κ1) is 26.3. The maximum atomic E-state index is 15.5. The fraction of sp³-hybridized carbons (Fsp3) is 0.167. The maximum absolute atomic E-state index is 15.5. The average Bonchev–Trinajstić information content (AvgIpc) is 3.20. The lowest BCUT2D eigenvalue weighted by Gasteiger charge is -2.18. The number of aromatic nitrogens is 3. The van der Waals surface area contributed by atoms with E-state index in [1.54, 1.807) is 0 Å². The smallest absolute Gasteiger partial charge is 0.507 e. The average molecular weight is 535 g/mol. The summed E-state index contributed by atoms with van der Waals surface area (Å²) in [7, 11) is 0. The van der Waals surface area contributed by atoms with Gasteiger partial charge >= 0.3 is 6.36 Å². The van der Waals surface area contributed by atoms with Crippen molar-refractivity contribution in [2.24, 2.45) is 0 Å². The van der Waals surface area contributed by atoms with Gasteiger partial charge in [-0.3, -0.25) is 9.59 Å². The fourth-order valence-corrected chi connectivity index (χ4v) is 3.64. The molecule has 9 nitrogen and oxygen atoms in total. The molecule has 38 heavy (non-hydrogen) atoms. The highest BCUT2D eigenvalue weighted by atomic mass is 19.4. The van der Waals surface area contributed by atoms with E-state index < -0.39 is 47.0 Å². The normalized spacial score (nSPS) is 12.3. The zero-order valence-electron chi connectivity index (χ0n) is 19.6. The van der Waals surface area contributed by atoms with Crippen LogP contribution in [0.5, 0.6) is 11.5 Å². The van der Waals surface area contributed by atoms with E-state index in [1.165, 1.54) is 42.8 Å². The topological polar surface area (TPSA) is 118 Å². The van der Waals surface area contributed by atoms with Crippen molar-refractivity contribution in [3.05, 3.63) is 71.4 Å². The molecule has 0 aliphatic heterocycles. The first-order valence-electron chi connectivity index (χ1n) is 10.8. The van der Waals surface area contributed by atoms with Crippen molar-refractivity contribution in [1.29, 1.82) is 0 Å². The second-order valence-electron chi connectivity index (χ2n) is 8.08. The molecule has 2 aromatic carbocycles. The summed E-state index contributed by atoms with van der Waals surface area (Å²) < 4.78 is 72.4. The SMILES string of the molecule is CC(=O)Nc1cn2nc(-c3ccc(O)c(C(=O)NC(C)c4cc(OC(F)(F)F)ccc4F)c3F)ccc2n1. The number of nitrogens with one attached hydrogen (secondary N) is 2.